The van der Waals surface area contributed by atoms with Crippen LogP contribution in [0.15, 0.2) is 30.5 Å². The monoisotopic (exact) mass is 355 g/mol. The van der Waals surface area contributed by atoms with Crippen LogP contribution in [0.25, 0.3) is 0 Å². The summed E-state index contributed by atoms with van der Waals surface area (Å²) in [6, 6.07) is 7.27. The molecule has 2 aromatic rings. The van der Waals surface area contributed by atoms with Gasteiger partial charge in [-0.05, 0) is 31.0 Å². The molecule has 1 amide bonds. The smallest absolute Gasteiger partial charge is 0.355 e. The lowest BCUT2D eigenvalue weighted by molar-refractivity contribution is -0.134. The second kappa shape index (κ2) is 6.43. The highest BCUT2D eigenvalue weighted by atomic mass is 32.1. The molecular weight excluding hydrogens is 339 g/mol. The van der Waals surface area contributed by atoms with Crippen molar-refractivity contribution >= 4 is 28.1 Å². The van der Waals surface area contributed by atoms with Crippen molar-refractivity contribution in [2.24, 2.45) is 0 Å². The number of thiazole rings is 1. The lowest BCUT2D eigenvalue weighted by Gasteiger charge is -2.18. The van der Waals surface area contributed by atoms with Gasteiger partial charge in [0.25, 0.3) is 0 Å². The zero-order valence-corrected chi connectivity index (χ0v) is 13.7. The number of alkyl halides is 3. The Balaban J connectivity index is 1.68. The van der Waals surface area contributed by atoms with Gasteiger partial charge in [0.05, 0.1) is 12.2 Å². The summed E-state index contributed by atoms with van der Waals surface area (Å²) >= 11 is 0.587. The molecule has 1 atom stereocenters. The summed E-state index contributed by atoms with van der Waals surface area (Å²) in [4.78, 5) is 16.5. The van der Waals surface area contributed by atoms with Crippen LogP contribution < -0.4 is 10.2 Å². The molecule has 1 aromatic heterocycles. The molecule has 1 saturated heterocycles. The summed E-state index contributed by atoms with van der Waals surface area (Å²) in [7, 11) is 0. The fourth-order valence-corrected chi connectivity index (χ4v) is 3.38. The van der Waals surface area contributed by atoms with Gasteiger partial charge in [-0.3, -0.25) is 4.79 Å². The van der Waals surface area contributed by atoms with E-state index in [0.29, 0.717) is 17.8 Å². The van der Waals surface area contributed by atoms with E-state index in [1.54, 1.807) is 4.90 Å². The summed E-state index contributed by atoms with van der Waals surface area (Å²) in [5.41, 5.74) is 1.76. The first kappa shape index (κ1) is 16.8. The topological polar surface area (TPSA) is 45.2 Å². The number of carbonyl (C=O) groups excluding carboxylic acids is 1. The Morgan fingerprint density at radius 1 is 1.29 bits per heavy atom. The minimum Gasteiger partial charge on any atom is -0.355 e. The van der Waals surface area contributed by atoms with Gasteiger partial charge in [-0.2, -0.15) is 13.2 Å². The summed E-state index contributed by atoms with van der Waals surface area (Å²) in [6.45, 7) is 2.58. The van der Waals surface area contributed by atoms with Crippen LogP contribution in [0.4, 0.5) is 24.0 Å². The molecule has 0 bridgehead atoms. The first-order chi connectivity index (χ1) is 11.3. The van der Waals surface area contributed by atoms with Crippen LogP contribution in [-0.2, 0) is 11.0 Å². The number of nitrogens with one attached hydrogen (secondary N) is 1. The Kier molecular flexibility index (Phi) is 4.49. The second-order valence-electron chi connectivity index (χ2n) is 5.63. The number of benzene rings is 1. The van der Waals surface area contributed by atoms with E-state index >= 15 is 0 Å². The van der Waals surface area contributed by atoms with Crippen molar-refractivity contribution < 1.29 is 18.0 Å². The number of aromatic nitrogens is 1. The maximum absolute atomic E-state index is 12.6. The zero-order chi connectivity index (χ0) is 17.3. The summed E-state index contributed by atoms with van der Waals surface area (Å²) in [5, 5.41) is 3.21. The molecule has 0 saturated carbocycles. The number of carbonyl (C=O) groups is 1. The molecule has 1 aromatic carbocycles. The van der Waals surface area contributed by atoms with Crippen molar-refractivity contribution in [3.8, 4) is 0 Å². The number of anilines is 2. The highest BCUT2D eigenvalue weighted by Gasteiger charge is 2.33. The van der Waals surface area contributed by atoms with Crippen molar-refractivity contribution in [2.45, 2.75) is 32.0 Å². The van der Waals surface area contributed by atoms with Crippen LogP contribution in [0.2, 0.25) is 0 Å². The maximum atomic E-state index is 12.6. The van der Waals surface area contributed by atoms with Gasteiger partial charge in [0.15, 0.2) is 5.13 Å². The van der Waals surface area contributed by atoms with Crippen LogP contribution >= 0.6 is 11.3 Å². The molecule has 1 N–H and O–H groups in total. The minimum absolute atomic E-state index is 0.122. The van der Waals surface area contributed by atoms with E-state index < -0.39 is 11.1 Å². The van der Waals surface area contributed by atoms with Crippen LogP contribution in [-0.4, -0.2) is 17.4 Å². The largest absolute Gasteiger partial charge is 0.427 e. The maximum Gasteiger partial charge on any atom is 0.427 e. The fourth-order valence-electron chi connectivity index (χ4n) is 2.60. The SMILES string of the molecule is CC(Nc1ncc(C(F)(F)F)s1)c1ccc(N2CCCC2=O)cc1. The van der Waals surface area contributed by atoms with E-state index in [0.717, 1.165) is 30.4 Å². The molecule has 4 nitrogen and oxygen atoms in total. The molecule has 2 heterocycles. The number of rotatable bonds is 4. The summed E-state index contributed by atoms with van der Waals surface area (Å²) in [5.74, 6) is 0.122. The molecule has 0 spiro atoms. The molecule has 1 fully saturated rings. The predicted octanol–water partition coefficient (Wildman–Crippen LogP) is 4.46. The fraction of sp³-hybridized carbons (Fsp3) is 0.375. The van der Waals surface area contributed by atoms with Gasteiger partial charge in [0.1, 0.15) is 4.88 Å². The lowest BCUT2D eigenvalue weighted by atomic mass is 10.1. The van der Waals surface area contributed by atoms with E-state index in [9.17, 15) is 18.0 Å². The van der Waals surface area contributed by atoms with E-state index in [1.807, 2.05) is 31.2 Å². The molecule has 1 aliphatic rings. The molecule has 128 valence electrons. The lowest BCUT2D eigenvalue weighted by Crippen LogP contribution is -2.23. The molecule has 24 heavy (non-hydrogen) atoms. The Labute approximate surface area is 141 Å². The number of amides is 1. The number of halogens is 3. The molecule has 0 radical (unpaired) electrons. The van der Waals surface area contributed by atoms with Crippen LogP contribution in [0.5, 0.6) is 0 Å². The summed E-state index contributed by atoms with van der Waals surface area (Å²) in [6.07, 6.45) is -2.10. The Morgan fingerprint density at radius 3 is 2.54 bits per heavy atom. The third kappa shape index (κ3) is 3.53. The van der Waals surface area contributed by atoms with E-state index in [-0.39, 0.29) is 17.1 Å². The van der Waals surface area contributed by atoms with Crippen LogP contribution in [0.3, 0.4) is 0 Å². The highest BCUT2D eigenvalue weighted by molar-refractivity contribution is 7.15. The Bertz CT molecular complexity index is 727. The van der Waals surface area contributed by atoms with E-state index in [1.165, 1.54) is 0 Å². The van der Waals surface area contributed by atoms with Crippen LogP contribution in [0, 0.1) is 0 Å². The standard InChI is InChI=1S/C16H16F3N3OS/c1-10(21-15-20-9-13(24-15)16(17,18)19)11-4-6-12(7-5-11)22-8-2-3-14(22)23/h4-7,9-10H,2-3,8H2,1H3,(H,20,21). The molecule has 1 unspecified atom stereocenters. The zero-order valence-electron chi connectivity index (χ0n) is 12.9. The molecular formula is C16H16F3N3OS. The molecule has 8 heteroatoms. The summed E-state index contributed by atoms with van der Waals surface area (Å²) < 4.78 is 37.8. The second-order valence-corrected chi connectivity index (χ2v) is 6.66. The predicted molar refractivity (Wildman–Crippen MR) is 87.2 cm³/mol. The van der Waals surface area contributed by atoms with Gasteiger partial charge in [0.2, 0.25) is 5.91 Å². The third-order valence-electron chi connectivity index (χ3n) is 3.90. The molecule has 3 rings (SSSR count). The van der Waals surface area contributed by atoms with Gasteiger partial charge in [-0.25, -0.2) is 4.98 Å². The first-order valence-corrected chi connectivity index (χ1v) is 8.36. The van der Waals surface area contributed by atoms with Crippen molar-refractivity contribution in [3.63, 3.8) is 0 Å². The van der Waals surface area contributed by atoms with Gasteiger partial charge < -0.3 is 10.2 Å². The van der Waals surface area contributed by atoms with Crippen molar-refractivity contribution in [1.29, 1.82) is 0 Å². The molecule has 1 aliphatic heterocycles. The minimum atomic E-state index is -4.37. The number of hydrogen-bond acceptors (Lipinski definition) is 4. The van der Waals surface area contributed by atoms with Gasteiger partial charge in [0, 0.05) is 18.7 Å². The number of nitrogens with zero attached hydrogens (tertiary/aromatic N) is 2. The average Bonchev–Trinajstić information content (AvgIpc) is 3.16. The third-order valence-corrected chi connectivity index (χ3v) is 4.88. The van der Waals surface area contributed by atoms with Crippen molar-refractivity contribution in [2.75, 3.05) is 16.8 Å². The van der Waals surface area contributed by atoms with Gasteiger partial charge >= 0.3 is 6.18 Å². The highest BCUT2D eigenvalue weighted by Crippen LogP contribution is 2.36. The Morgan fingerprint density at radius 2 is 2.00 bits per heavy atom. The normalized spacial score (nSPS) is 16.5. The van der Waals surface area contributed by atoms with Gasteiger partial charge in [-0.1, -0.05) is 23.5 Å². The molecule has 0 aliphatic carbocycles. The van der Waals surface area contributed by atoms with Crippen molar-refractivity contribution in [3.05, 3.63) is 40.9 Å². The van der Waals surface area contributed by atoms with Crippen molar-refractivity contribution in [1.82, 2.24) is 4.98 Å². The quantitative estimate of drug-likeness (QED) is 0.881. The average molecular weight is 355 g/mol. The van der Waals surface area contributed by atoms with Crippen LogP contribution in [0.1, 0.15) is 36.2 Å². The van der Waals surface area contributed by atoms with E-state index in [4.69, 9.17) is 0 Å². The first-order valence-electron chi connectivity index (χ1n) is 7.54. The van der Waals surface area contributed by atoms with Gasteiger partial charge in [-0.15, -0.1) is 0 Å². The number of hydrogen-bond donors (Lipinski definition) is 1. The Hall–Kier alpha value is -2.09. The van der Waals surface area contributed by atoms with E-state index in [2.05, 4.69) is 10.3 Å².